The Labute approximate surface area is 105 Å². The van der Waals surface area contributed by atoms with Crippen molar-refractivity contribution in [3.8, 4) is 0 Å². The number of hydrogen-bond acceptors (Lipinski definition) is 2. The number of nitrogens with one attached hydrogen (secondary N) is 1. The number of thioether (sulfide) groups is 1. The Morgan fingerprint density at radius 2 is 1.88 bits per heavy atom. The summed E-state index contributed by atoms with van der Waals surface area (Å²) in [6.45, 7) is 6.11. The van der Waals surface area contributed by atoms with Gasteiger partial charge in [0.2, 0.25) is 0 Å². The molecule has 2 saturated carbocycles. The Kier molecular flexibility index (Phi) is 3.90. The first kappa shape index (κ1) is 12.8. The van der Waals surface area contributed by atoms with Crippen LogP contribution in [0.25, 0.3) is 0 Å². The third kappa shape index (κ3) is 3.40. The lowest BCUT2D eigenvalue weighted by Crippen LogP contribution is -2.35. The fourth-order valence-corrected chi connectivity index (χ4v) is 3.53. The minimum Gasteiger partial charge on any atom is -0.313 e. The second kappa shape index (κ2) is 4.89. The van der Waals surface area contributed by atoms with Gasteiger partial charge < -0.3 is 5.32 Å². The summed E-state index contributed by atoms with van der Waals surface area (Å²) in [5.41, 5.74) is 0.590. The third-order valence-electron chi connectivity index (χ3n) is 4.53. The molecule has 2 aliphatic rings. The van der Waals surface area contributed by atoms with Crippen LogP contribution in [0.5, 0.6) is 0 Å². The second-order valence-electron chi connectivity index (χ2n) is 6.56. The van der Waals surface area contributed by atoms with E-state index in [0.29, 0.717) is 10.2 Å². The van der Waals surface area contributed by atoms with Crippen LogP contribution >= 0.6 is 11.8 Å². The molecule has 0 aliphatic heterocycles. The molecule has 2 aliphatic carbocycles. The quantitative estimate of drug-likeness (QED) is 0.751. The highest BCUT2D eigenvalue weighted by Crippen LogP contribution is 2.46. The number of rotatable bonds is 4. The van der Waals surface area contributed by atoms with Gasteiger partial charge in [-0.15, -0.1) is 0 Å². The molecule has 0 aromatic rings. The molecule has 1 nitrogen and oxygen atoms in total. The summed E-state index contributed by atoms with van der Waals surface area (Å²) in [6, 6.07) is 0.798. The molecule has 0 heterocycles. The lowest BCUT2D eigenvalue weighted by Gasteiger charge is -2.23. The van der Waals surface area contributed by atoms with E-state index in [0.717, 1.165) is 6.04 Å². The molecule has 0 radical (unpaired) electrons. The maximum Gasteiger partial charge on any atom is 0.0282 e. The monoisotopic (exact) mass is 241 g/mol. The average molecular weight is 241 g/mol. The van der Waals surface area contributed by atoms with Crippen LogP contribution in [-0.4, -0.2) is 23.6 Å². The van der Waals surface area contributed by atoms with Crippen molar-refractivity contribution in [2.45, 2.75) is 69.6 Å². The molecule has 1 atom stereocenters. The maximum atomic E-state index is 3.83. The topological polar surface area (TPSA) is 12.0 Å². The molecular formula is C14H27NS. The van der Waals surface area contributed by atoms with Crippen molar-refractivity contribution < 1.29 is 0 Å². The van der Waals surface area contributed by atoms with E-state index >= 15 is 0 Å². The van der Waals surface area contributed by atoms with Crippen molar-refractivity contribution in [3.63, 3.8) is 0 Å². The molecule has 94 valence electrons. The summed E-state index contributed by atoms with van der Waals surface area (Å²) in [5.74, 6) is 0. The summed E-state index contributed by atoms with van der Waals surface area (Å²) in [4.78, 5) is 0. The van der Waals surface area contributed by atoms with Crippen molar-refractivity contribution in [1.29, 1.82) is 0 Å². The van der Waals surface area contributed by atoms with Crippen molar-refractivity contribution in [2.24, 2.45) is 5.41 Å². The van der Waals surface area contributed by atoms with Crippen LogP contribution in [0.2, 0.25) is 0 Å². The minimum atomic E-state index is 0.590. The standard InChI is InChI=1S/C14H27NS/c1-13(2)7-4-5-12(6-8-13)15-11-14(16-3)9-10-14/h12,15H,4-11H2,1-3H3. The molecule has 2 rings (SSSR count). The zero-order valence-electron chi connectivity index (χ0n) is 11.1. The Bertz CT molecular complexity index is 233. The average Bonchev–Trinajstić information content (AvgIpc) is 3.02. The molecular weight excluding hydrogens is 214 g/mol. The first-order valence-corrected chi connectivity index (χ1v) is 8.06. The number of hydrogen-bond donors (Lipinski definition) is 1. The van der Waals surface area contributed by atoms with Gasteiger partial charge in [-0.2, -0.15) is 11.8 Å². The van der Waals surface area contributed by atoms with Crippen molar-refractivity contribution in [1.82, 2.24) is 5.32 Å². The van der Waals surface area contributed by atoms with Gasteiger partial charge in [-0.25, -0.2) is 0 Å². The van der Waals surface area contributed by atoms with Gasteiger partial charge in [0.05, 0.1) is 0 Å². The Hall–Kier alpha value is 0.310. The highest BCUT2D eigenvalue weighted by Gasteiger charge is 2.41. The molecule has 16 heavy (non-hydrogen) atoms. The summed E-state index contributed by atoms with van der Waals surface area (Å²) >= 11 is 2.07. The van der Waals surface area contributed by atoms with Crippen molar-refractivity contribution in [3.05, 3.63) is 0 Å². The summed E-state index contributed by atoms with van der Waals surface area (Å²) in [7, 11) is 0. The van der Waals surface area contributed by atoms with Crippen LogP contribution in [0.1, 0.15) is 58.8 Å². The fourth-order valence-electron chi connectivity index (χ4n) is 2.79. The minimum absolute atomic E-state index is 0.590. The first-order chi connectivity index (χ1) is 7.55. The fraction of sp³-hybridized carbons (Fsp3) is 1.00. The summed E-state index contributed by atoms with van der Waals surface area (Å²) in [6.07, 6.45) is 12.1. The lowest BCUT2D eigenvalue weighted by atomic mass is 9.85. The van der Waals surface area contributed by atoms with Gasteiger partial charge in [0.25, 0.3) is 0 Å². The van der Waals surface area contributed by atoms with Crippen LogP contribution in [0, 0.1) is 5.41 Å². The molecule has 1 N–H and O–H groups in total. The Balaban J connectivity index is 1.74. The lowest BCUT2D eigenvalue weighted by molar-refractivity contribution is 0.310. The molecule has 0 amide bonds. The molecule has 0 bridgehead atoms. The van der Waals surface area contributed by atoms with E-state index in [1.165, 1.54) is 51.5 Å². The maximum absolute atomic E-state index is 3.83. The van der Waals surface area contributed by atoms with Crippen molar-refractivity contribution in [2.75, 3.05) is 12.8 Å². The summed E-state index contributed by atoms with van der Waals surface area (Å²) in [5, 5.41) is 3.83. The summed E-state index contributed by atoms with van der Waals surface area (Å²) < 4.78 is 0.627. The van der Waals surface area contributed by atoms with E-state index in [2.05, 4.69) is 37.2 Å². The van der Waals surface area contributed by atoms with Gasteiger partial charge in [-0.05, 0) is 50.2 Å². The van der Waals surface area contributed by atoms with Crippen molar-refractivity contribution >= 4 is 11.8 Å². The highest BCUT2D eigenvalue weighted by molar-refractivity contribution is 8.00. The SMILES string of the molecule is CSC1(CNC2CCCC(C)(C)CC2)CC1. The first-order valence-electron chi connectivity index (χ1n) is 6.84. The van der Waals surface area contributed by atoms with Gasteiger partial charge in [-0.3, -0.25) is 0 Å². The van der Waals surface area contributed by atoms with Gasteiger partial charge >= 0.3 is 0 Å². The molecule has 0 saturated heterocycles. The van der Waals surface area contributed by atoms with E-state index in [9.17, 15) is 0 Å². The van der Waals surface area contributed by atoms with Crippen LogP contribution < -0.4 is 5.32 Å². The van der Waals surface area contributed by atoms with Gasteiger partial charge in [0, 0.05) is 17.3 Å². The van der Waals surface area contributed by atoms with E-state index in [4.69, 9.17) is 0 Å². The van der Waals surface area contributed by atoms with E-state index in [1.807, 2.05) is 0 Å². The largest absolute Gasteiger partial charge is 0.313 e. The zero-order valence-corrected chi connectivity index (χ0v) is 12.0. The van der Waals surface area contributed by atoms with Gasteiger partial charge in [0.1, 0.15) is 0 Å². The smallest absolute Gasteiger partial charge is 0.0282 e. The van der Waals surface area contributed by atoms with E-state index < -0.39 is 0 Å². The third-order valence-corrected chi connectivity index (χ3v) is 5.95. The molecule has 1 unspecified atom stereocenters. The predicted octanol–water partition coefficient (Wildman–Crippen LogP) is 3.83. The second-order valence-corrected chi connectivity index (χ2v) is 7.83. The molecule has 0 spiro atoms. The normalized spacial score (nSPS) is 32.1. The Morgan fingerprint density at radius 1 is 1.12 bits per heavy atom. The van der Waals surface area contributed by atoms with Gasteiger partial charge in [-0.1, -0.05) is 20.3 Å². The Morgan fingerprint density at radius 3 is 2.50 bits per heavy atom. The molecule has 2 heteroatoms. The van der Waals surface area contributed by atoms with Crippen LogP contribution in [-0.2, 0) is 0 Å². The van der Waals surface area contributed by atoms with Crippen LogP contribution in [0.4, 0.5) is 0 Å². The van der Waals surface area contributed by atoms with Crippen LogP contribution in [0.3, 0.4) is 0 Å². The van der Waals surface area contributed by atoms with E-state index in [-0.39, 0.29) is 0 Å². The van der Waals surface area contributed by atoms with Gasteiger partial charge in [0.15, 0.2) is 0 Å². The van der Waals surface area contributed by atoms with E-state index in [1.54, 1.807) is 0 Å². The molecule has 0 aromatic carbocycles. The molecule has 0 aromatic heterocycles. The van der Waals surface area contributed by atoms with Crippen LogP contribution in [0.15, 0.2) is 0 Å². The molecule has 2 fully saturated rings. The zero-order chi connectivity index (χ0) is 11.6. The highest BCUT2D eigenvalue weighted by atomic mass is 32.2. The predicted molar refractivity (Wildman–Crippen MR) is 74.1 cm³/mol.